The monoisotopic (exact) mass is 404 g/mol. The summed E-state index contributed by atoms with van der Waals surface area (Å²) >= 11 is 11.8. The van der Waals surface area contributed by atoms with E-state index in [1.807, 2.05) is 19.9 Å². The molecule has 1 N–H and O–H groups in total. The summed E-state index contributed by atoms with van der Waals surface area (Å²) in [5, 5.41) is 0.737. The molecule has 1 atom stereocenters. The van der Waals surface area contributed by atoms with Crippen molar-refractivity contribution in [2.75, 3.05) is 19.6 Å². The number of nitrogens with one attached hydrogen (secondary N) is 1. The van der Waals surface area contributed by atoms with Crippen LogP contribution in [0.2, 0.25) is 10.0 Å². The van der Waals surface area contributed by atoms with Crippen LogP contribution >= 0.6 is 23.2 Å². The van der Waals surface area contributed by atoms with E-state index in [2.05, 4.69) is 9.62 Å². The number of halogens is 2. The summed E-state index contributed by atoms with van der Waals surface area (Å²) in [7, 11) is -3.52. The first-order valence-corrected chi connectivity index (χ1v) is 10.5. The number of likely N-dealkylation sites (N-methyl/N-ethyl adjacent to an activating group) is 1. The van der Waals surface area contributed by atoms with Crippen molar-refractivity contribution in [1.29, 1.82) is 0 Å². The number of benzene rings is 1. The second-order valence-electron chi connectivity index (χ2n) is 5.61. The summed E-state index contributed by atoms with van der Waals surface area (Å²) in [5.74, 6) is 0.577. The van der Waals surface area contributed by atoms with Crippen LogP contribution in [0.4, 0.5) is 0 Å². The molecule has 1 aromatic heterocycles. The van der Waals surface area contributed by atoms with Gasteiger partial charge in [-0.15, -0.1) is 0 Å². The Hall–Kier alpha value is -1.05. The van der Waals surface area contributed by atoms with E-state index in [1.54, 1.807) is 30.5 Å². The third kappa shape index (κ3) is 5.72. The molecule has 5 nitrogen and oxygen atoms in total. The molecule has 8 heteroatoms. The molecule has 0 saturated carbocycles. The highest BCUT2D eigenvalue weighted by Gasteiger charge is 2.23. The predicted molar refractivity (Wildman–Crippen MR) is 101 cm³/mol. The number of nitrogens with zero attached hydrogens (tertiary/aromatic N) is 1. The van der Waals surface area contributed by atoms with Crippen molar-refractivity contribution in [2.45, 2.75) is 25.6 Å². The Balaban J connectivity index is 2.08. The molecule has 0 saturated heterocycles. The quantitative estimate of drug-likeness (QED) is 0.683. The molecule has 0 aliphatic heterocycles. The van der Waals surface area contributed by atoms with E-state index in [9.17, 15) is 8.42 Å². The van der Waals surface area contributed by atoms with Crippen molar-refractivity contribution in [3.63, 3.8) is 0 Å². The minimum atomic E-state index is -3.52. The Labute approximate surface area is 159 Å². The average molecular weight is 405 g/mol. The van der Waals surface area contributed by atoms with Gasteiger partial charge in [-0.05, 0) is 42.9 Å². The Morgan fingerprint density at radius 1 is 1.16 bits per heavy atom. The van der Waals surface area contributed by atoms with E-state index in [0.29, 0.717) is 15.6 Å². The molecular formula is C17H22Cl2N2O3S. The molecule has 0 spiro atoms. The zero-order valence-electron chi connectivity index (χ0n) is 14.2. The molecule has 2 aromatic rings. The molecule has 0 aliphatic carbocycles. The van der Waals surface area contributed by atoms with Gasteiger partial charge in [0.1, 0.15) is 5.76 Å². The average Bonchev–Trinajstić information content (AvgIpc) is 3.08. The fourth-order valence-electron chi connectivity index (χ4n) is 2.66. The molecule has 1 heterocycles. The van der Waals surface area contributed by atoms with E-state index in [0.717, 1.165) is 18.8 Å². The fraction of sp³-hybridized carbons (Fsp3) is 0.412. The Bertz CT molecular complexity index is 775. The van der Waals surface area contributed by atoms with Crippen molar-refractivity contribution in [3.05, 3.63) is 58.0 Å². The normalized spacial score (nSPS) is 13.3. The van der Waals surface area contributed by atoms with Gasteiger partial charge in [-0.3, -0.25) is 4.90 Å². The third-order valence-corrected chi connectivity index (χ3v) is 6.02. The third-order valence-electron chi connectivity index (χ3n) is 3.96. The summed E-state index contributed by atoms with van der Waals surface area (Å²) < 4.78 is 33.0. The lowest BCUT2D eigenvalue weighted by molar-refractivity contribution is 0.194. The minimum Gasteiger partial charge on any atom is -0.468 e. The highest BCUT2D eigenvalue weighted by atomic mass is 35.5. The molecule has 0 fully saturated rings. The molecule has 0 amide bonds. The van der Waals surface area contributed by atoms with E-state index >= 15 is 0 Å². The van der Waals surface area contributed by atoms with Crippen LogP contribution in [0.5, 0.6) is 0 Å². The van der Waals surface area contributed by atoms with Gasteiger partial charge in [0.05, 0.1) is 28.1 Å². The second kappa shape index (κ2) is 9.05. The van der Waals surface area contributed by atoms with Gasteiger partial charge >= 0.3 is 0 Å². The van der Waals surface area contributed by atoms with Gasteiger partial charge in [0.15, 0.2) is 0 Å². The highest BCUT2D eigenvalue weighted by molar-refractivity contribution is 7.88. The molecule has 0 bridgehead atoms. The number of hydrogen-bond acceptors (Lipinski definition) is 4. The molecule has 2 rings (SSSR count). The first-order chi connectivity index (χ1) is 11.9. The van der Waals surface area contributed by atoms with Gasteiger partial charge in [-0.2, -0.15) is 0 Å². The second-order valence-corrected chi connectivity index (χ2v) is 8.23. The Morgan fingerprint density at radius 2 is 1.88 bits per heavy atom. The predicted octanol–water partition coefficient (Wildman–Crippen LogP) is 4.09. The SMILES string of the molecule is CCN(CC)C(CNS(=O)(=O)Cc1ccc(Cl)c(Cl)c1)c1ccco1. The molecule has 0 radical (unpaired) electrons. The fourth-order valence-corrected chi connectivity index (χ4v) is 4.11. The van der Waals surface area contributed by atoms with E-state index < -0.39 is 10.0 Å². The minimum absolute atomic E-state index is 0.159. The lowest BCUT2D eigenvalue weighted by Gasteiger charge is -2.28. The maximum atomic E-state index is 12.4. The molecule has 1 aromatic carbocycles. The van der Waals surface area contributed by atoms with Crippen molar-refractivity contribution in [2.24, 2.45) is 0 Å². The van der Waals surface area contributed by atoms with Gasteiger partial charge in [0.25, 0.3) is 0 Å². The maximum absolute atomic E-state index is 12.4. The smallest absolute Gasteiger partial charge is 0.215 e. The van der Waals surface area contributed by atoms with Gasteiger partial charge in [-0.1, -0.05) is 43.1 Å². The summed E-state index contributed by atoms with van der Waals surface area (Å²) in [6.45, 7) is 5.87. The molecule has 138 valence electrons. The van der Waals surface area contributed by atoms with Crippen LogP contribution in [0.1, 0.15) is 31.2 Å². The number of rotatable bonds is 9. The number of hydrogen-bond donors (Lipinski definition) is 1. The van der Waals surface area contributed by atoms with E-state index in [4.69, 9.17) is 27.6 Å². The van der Waals surface area contributed by atoms with Crippen molar-refractivity contribution >= 4 is 33.2 Å². The zero-order valence-corrected chi connectivity index (χ0v) is 16.5. The standard InChI is InChI=1S/C17H22Cl2N2O3S/c1-3-21(4-2)16(17-6-5-9-24-17)11-20-25(22,23)12-13-7-8-14(18)15(19)10-13/h5-10,16,20H,3-4,11-12H2,1-2H3. The van der Waals surface area contributed by atoms with Crippen molar-refractivity contribution in [1.82, 2.24) is 9.62 Å². The van der Waals surface area contributed by atoms with Crippen LogP contribution in [0, 0.1) is 0 Å². The molecule has 1 unspecified atom stereocenters. The zero-order chi connectivity index (χ0) is 18.4. The van der Waals surface area contributed by atoms with Crippen LogP contribution in [0.25, 0.3) is 0 Å². The lowest BCUT2D eigenvalue weighted by Crippen LogP contribution is -2.38. The van der Waals surface area contributed by atoms with Crippen LogP contribution in [0.15, 0.2) is 41.0 Å². The van der Waals surface area contributed by atoms with E-state index in [-0.39, 0.29) is 18.3 Å². The molecule has 0 aliphatic rings. The molecule has 25 heavy (non-hydrogen) atoms. The Morgan fingerprint density at radius 3 is 2.44 bits per heavy atom. The Kier molecular flexibility index (Phi) is 7.34. The highest BCUT2D eigenvalue weighted by Crippen LogP contribution is 2.24. The van der Waals surface area contributed by atoms with Crippen molar-refractivity contribution in [3.8, 4) is 0 Å². The first kappa shape index (κ1) is 20.3. The largest absolute Gasteiger partial charge is 0.468 e. The lowest BCUT2D eigenvalue weighted by atomic mass is 10.2. The number of furan rings is 1. The van der Waals surface area contributed by atoms with Gasteiger partial charge in [-0.25, -0.2) is 13.1 Å². The van der Waals surface area contributed by atoms with Crippen LogP contribution in [-0.4, -0.2) is 33.0 Å². The first-order valence-electron chi connectivity index (χ1n) is 8.05. The summed E-state index contributed by atoms with van der Waals surface area (Å²) in [6.07, 6.45) is 1.59. The number of sulfonamides is 1. The maximum Gasteiger partial charge on any atom is 0.215 e. The van der Waals surface area contributed by atoms with Crippen LogP contribution < -0.4 is 4.72 Å². The van der Waals surface area contributed by atoms with Crippen LogP contribution in [0.3, 0.4) is 0 Å². The molecular weight excluding hydrogens is 383 g/mol. The summed E-state index contributed by atoms with van der Waals surface area (Å²) in [4.78, 5) is 2.14. The van der Waals surface area contributed by atoms with Gasteiger partial charge < -0.3 is 4.42 Å². The van der Waals surface area contributed by atoms with Crippen molar-refractivity contribution < 1.29 is 12.8 Å². The van der Waals surface area contributed by atoms with E-state index in [1.165, 1.54) is 0 Å². The van der Waals surface area contributed by atoms with Gasteiger partial charge in [0.2, 0.25) is 10.0 Å². The summed E-state index contributed by atoms with van der Waals surface area (Å²) in [6, 6.07) is 8.32. The van der Waals surface area contributed by atoms with Gasteiger partial charge in [0, 0.05) is 6.54 Å². The topological polar surface area (TPSA) is 62.6 Å². The van der Waals surface area contributed by atoms with Crippen LogP contribution in [-0.2, 0) is 15.8 Å². The summed E-state index contributed by atoms with van der Waals surface area (Å²) in [5.41, 5.74) is 0.583.